The van der Waals surface area contributed by atoms with Crippen LogP contribution in [0.5, 0.6) is 0 Å². The fourth-order valence-corrected chi connectivity index (χ4v) is 3.12. The molecule has 0 aromatic carbocycles. The fraction of sp³-hybridized carbons (Fsp3) is 1.00. The van der Waals surface area contributed by atoms with Gasteiger partial charge in [0.25, 0.3) is 0 Å². The fourth-order valence-electron chi connectivity index (χ4n) is 3.12. The second-order valence-corrected chi connectivity index (χ2v) is 5.50. The molecule has 0 radical (unpaired) electrons. The van der Waals surface area contributed by atoms with E-state index in [0.29, 0.717) is 0 Å². The number of aliphatic hydroxyl groups excluding tert-OH is 1. The minimum atomic E-state index is -0.396. The topological polar surface area (TPSA) is 38.7 Å². The van der Waals surface area contributed by atoms with Gasteiger partial charge < -0.3 is 14.6 Å². The van der Waals surface area contributed by atoms with Gasteiger partial charge in [-0.3, -0.25) is 0 Å². The van der Waals surface area contributed by atoms with Crippen LogP contribution in [0.3, 0.4) is 0 Å². The lowest BCUT2D eigenvalue weighted by atomic mass is 9.89. The van der Waals surface area contributed by atoms with E-state index in [0.717, 1.165) is 38.7 Å². The van der Waals surface area contributed by atoms with Crippen molar-refractivity contribution >= 4 is 0 Å². The first-order chi connectivity index (χ1) is 7.52. The van der Waals surface area contributed by atoms with Crippen molar-refractivity contribution in [3.05, 3.63) is 0 Å². The molecule has 0 aromatic heterocycles. The van der Waals surface area contributed by atoms with Crippen LogP contribution in [0.2, 0.25) is 0 Å². The van der Waals surface area contributed by atoms with E-state index in [1.165, 1.54) is 0 Å². The van der Waals surface area contributed by atoms with Crippen LogP contribution in [-0.2, 0) is 9.47 Å². The highest BCUT2D eigenvalue weighted by Gasteiger charge is 2.50. The number of ether oxygens (including phenoxy) is 2. The molecule has 1 N–H and O–H groups in total. The number of hydrogen-bond acceptors (Lipinski definition) is 3. The standard InChI is InChI=1S/C13H24O3/c1-4-13(10(2)14)8-6-11(16-13)12(3)7-5-9-15-12/h10-11,14H,4-9H2,1-3H3/t10-,11+,12-,13+/m0/s1. The molecule has 4 atom stereocenters. The van der Waals surface area contributed by atoms with Crippen molar-refractivity contribution in [1.29, 1.82) is 0 Å². The monoisotopic (exact) mass is 228 g/mol. The molecule has 2 aliphatic heterocycles. The van der Waals surface area contributed by atoms with Gasteiger partial charge in [0.05, 0.1) is 23.4 Å². The van der Waals surface area contributed by atoms with Gasteiger partial charge in [-0.05, 0) is 46.0 Å². The van der Waals surface area contributed by atoms with E-state index in [4.69, 9.17) is 9.47 Å². The Balaban J connectivity index is 2.06. The highest BCUT2D eigenvalue weighted by Crippen LogP contribution is 2.43. The van der Waals surface area contributed by atoms with E-state index in [1.807, 2.05) is 6.92 Å². The minimum absolute atomic E-state index is 0.119. The summed E-state index contributed by atoms with van der Waals surface area (Å²) in [5, 5.41) is 9.88. The van der Waals surface area contributed by atoms with Gasteiger partial charge in [0.2, 0.25) is 0 Å². The van der Waals surface area contributed by atoms with Gasteiger partial charge in [-0.1, -0.05) is 6.92 Å². The second-order valence-electron chi connectivity index (χ2n) is 5.50. The third kappa shape index (κ3) is 1.89. The molecule has 0 aromatic rings. The van der Waals surface area contributed by atoms with Gasteiger partial charge in [0, 0.05) is 6.61 Å². The number of rotatable bonds is 3. The van der Waals surface area contributed by atoms with Crippen LogP contribution in [0.4, 0.5) is 0 Å². The van der Waals surface area contributed by atoms with Crippen molar-refractivity contribution in [3.8, 4) is 0 Å². The molecule has 0 unspecified atom stereocenters. The Bertz CT molecular complexity index is 246. The van der Waals surface area contributed by atoms with Gasteiger partial charge in [-0.25, -0.2) is 0 Å². The molecule has 3 heteroatoms. The largest absolute Gasteiger partial charge is 0.390 e. The van der Waals surface area contributed by atoms with Gasteiger partial charge in [0.15, 0.2) is 0 Å². The molecule has 0 aliphatic carbocycles. The Morgan fingerprint density at radius 3 is 2.62 bits per heavy atom. The van der Waals surface area contributed by atoms with Gasteiger partial charge >= 0.3 is 0 Å². The molecular formula is C13H24O3. The predicted octanol–water partition coefficient (Wildman–Crippen LogP) is 2.26. The summed E-state index contributed by atoms with van der Waals surface area (Å²) in [7, 11) is 0. The first-order valence-corrected chi connectivity index (χ1v) is 6.52. The summed E-state index contributed by atoms with van der Waals surface area (Å²) in [6.07, 6.45) is 4.80. The van der Waals surface area contributed by atoms with Gasteiger partial charge in [0.1, 0.15) is 0 Å². The smallest absolute Gasteiger partial charge is 0.0941 e. The van der Waals surface area contributed by atoms with E-state index in [9.17, 15) is 5.11 Å². The summed E-state index contributed by atoms with van der Waals surface area (Å²) >= 11 is 0. The molecule has 94 valence electrons. The summed E-state index contributed by atoms with van der Waals surface area (Å²) < 4.78 is 12.0. The lowest BCUT2D eigenvalue weighted by Crippen LogP contribution is -2.45. The molecule has 2 aliphatic rings. The van der Waals surface area contributed by atoms with Gasteiger partial charge in [-0.15, -0.1) is 0 Å². The summed E-state index contributed by atoms with van der Waals surface area (Å²) in [6, 6.07) is 0. The molecule has 2 saturated heterocycles. The normalized spacial score (nSPS) is 46.1. The molecule has 2 heterocycles. The van der Waals surface area contributed by atoms with Crippen molar-refractivity contribution in [3.63, 3.8) is 0 Å². The molecule has 16 heavy (non-hydrogen) atoms. The number of aliphatic hydroxyl groups is 1. The zero-order valence-electron chi connectivity index (χ0n) is 10.7. The lowest BCUT2D eigenvalue weighted by molar-refractivity contribution is -0.166. The third-order valence-corrected chi connectivity index (χ3v) is 4.50. The Kier molecular flexibility index (Phi) is 3.30. The SMILES string of the molecule is CC[C@]1([C@H](C)O)CC[C@H]([C@]2(C)CCCO2)O1. The van der Waals surface area contributed by atoms with Crippen LogP contribution in [0.1, 0.15) is 52.9 Å². The zero-order chi connectivity index (χ0) is 11.8. The van der Waals surface area contributed by atoms with Crippen molar-refractivity contribution in [1.82, 2.24) is 0 Å². The van der Waals surface area contributed by atoms with Crippen molar-refractivity contribution in [2.75, 3.05) is 6.61 Å². The average Bonchev–Trinajstić information content (AvgIpc) is 2.85. The van der Waals surface area contributed by atoms with E-state index in [-0.39, 0.29) is 17.3 Å². The maximum absolute atomic E-state index is 9.88. The maximum Gasteiger partial charge on any atom is 0.0941 e. The summed E-state index contributed by atoms with van der Waals surface area (Å²) in [4.78, 5) is 0. The lowest BCUT2D eigenvalue weighted by Gasteiger charge is -2.35. The molecule has 0 amide bonds. The number of hydrogen-bond donors (Lipinski definition) is 1. The van der Waals surface area contributed by atoms with E-state index in [1.54, 1.807) is 0 Å². The first-order valence-electron chi connectivity index (χ1n) is 6.52. The van der Waals surface area contributed by atoms with Crippen LogP contribution in [-0.4, -0.2) is 35.1 Å². The molecular weight excluding hydrogens is 204 g/mol. The van der Waals surface area contributed by atoms with Crippen LogP contribution in [0, 0.1) is 0 Å². The Morgan fingerprint density at radius 2 is 2.19 bits per heavy atom. The quantitative estimate of drug-likeness (QED) is 0.805. The molecule has 2 fully saturated rings. The second kappa shape index (κ2) is 4.28. The van der Waals surface area contributed by atoms with Crippen molar-refractivity contribution < 1.29 is 14.6 Å². The van der Waals surface area contributed by atoms with Crippen LogP contribution in [0.15, 0.2) is 0 Å². The Hall–Kier alpha value is -0.120. The average molecular weight is 228 g/mol. The van der Waals surface area contributed by atoms with Crippen LogP contribution in [0.25, 0.3) is 0 Å². The van der Waals surface area contributed by atoms with E-state index < -0.39 is 6.10 Å². The predicted molar refractivity (Wildman–Crippen MR) is 62.4 cm³/mol. The molecule has 0 bridgehead atoms. The molecule has 0 spiro atoms. The van der Waals surface area contributed by atoms with E-state index in [2.05, 4.69) is 13.8 Å². The summed E-state index contributed by atoms with van der Waals surface area (Å²) in [6.45, 7) is 6.93. The van der Waals surface area contributed by atoms with E-state index >= 15 is 0 Å². The highest BCUT2D eigenvalue weighted by molar-refractivity contribution is 4.99. The molecule has 0 saturated carbocycles. The zero-order valence-corrected chi connectivity index (χ0v) is 10.7. The first kappa shape index (κ1) is 12.3. The van der Waals surface area contributed by atoms with Crippen LogP contribution < -0.4 is 0 Å². The van der Waals surface area contributed by atoms with Crippen LogP contribution >= 0.6 is 0 Å². The summed E-state index contributed by atoms with van der Waals surface area (Å²) in [5.41, 5.74) is -0.453. The Labute approximate surface area is 98.1 Å². The Morgan fingerprint density at radius 1 is 1.44 bits per heavy atom. The van der Waals surface area contributed by atoms with Crippen molar-refractivity contribution in [2.45, 2.75) is 76.3 Å². The highest BCUT2D eigenvalue weighted by atomic mass is 16.6. The maximum atomic E-state index is 9.88. The molecule has 3 nitrogen and oxygen atoms in total. The van der Waals surface area contributed by atoms with Crippen molar-refractivity contribution in [2.24, 2.45) is 0 Å². The minimum Gasteiger partial charge on any atom is -0.390 e. The van der Waals surface area contributed by atoms with Gasteiger partial charge in [-0.2, -0.15) is 0 Å². The summed E-state index contributed by atoms with van der Waals surface area (Å²) in [5.74, 6) is 0. The third-order valence-electron chi connectivity index (χ3n) is 4.50. The molecule has 2 rings (SSSR count).